The number of rotatable bonds is 8. The summed E-state index contributed by atoms with van der Waals surface area (Å²) in [5, 5.41) is 0. The van der Waals surface area contributed by atoms with E-state index in [0.29, 0.717) is 19.3 Å². The van der Waals surface area contributed by atoms with Crippen LogP contribution in [0.4, 0.5) is 0 Å². The molecule has 3 heteroatoms. The minimum Gasteiger partial charge on any atom is -0.459 e. The number of carbonyl (C=O) groups excluding carboxylic acids is 2. The summed E-state index contributed by atoms with van der Waals surface area (Å²) in [6.07, 6.45) is 5.21. The number of Topliss-reactive ketones (excluding diaryl/α,β-unsaturated/α-hetero) is 1. The molecule has 0 saturated carbocycles. The molecule has 0 saturated heterocycles. The highest BCUT2D eigenvalue weighted by Crippen LogP contribution is 2.10. The van der Waals surface area contributed by atoms with Gasteiger partial charge in [0, 0.05) is 18.9 Å². The number of ether oxygens (including phenoxy) is 1. The van der Waals surface area contributed by atoms with E-state index in [-0.39, 0.29) is 11.9 Å². The molecule has 0 unspecified atom stereocenters. The van der Waals surface area contributed by atoms with Gasteiger partial charge in [-0.15, -0.1) is 6.58 Å². The van der Waals surface area contributed by atoms with Crippen molar-refractivity contribution < 1.29 is 14.3 Å². The van der Waals surface area contributed by atoms with Gasteiger partial charge in [-0.05, 0) is 19.8 Å². The molecule has 0 aromatic carbocycles. The Bertz CT molecular complexity index is 243. The predicted octanol–water partition coefficient (Wildman–Crippen LogP) is 2.42. The minimum atomic E-state index is -0.426. The number of esters is 1. The standard InChI is InChI=1S/C12H18O3/c1-4-7-11(15-12(14)5-2)9-6-8-10(3)13/h4-5,11H,1-2,6-9H2,3H3/t11-/m1/s1. The van der Waals surface area contributed by atoms with E-state index < -0.39 is 5.97 Å². The first-order valence-corrected chi connectivity index (χ1v) is 5.03. The van der Waals surface area contributed by atoms with Crippen LogP contribution in [0.1, 0.15) is 32.6 Å². The Labute approximate surface area is 90.8 Å². The molecular formula is C12H18O3. The van der Waals surface area contributed by atoms with E-state index >= 15 is 0 Å². The lowest BCUT2D eigenvalue weighted by Crippen LogP contribution is -2.16. The van der Waals surface area contributed by atoms with Crippen molar-refractivity contribution in [2.45, 2.75) is 38.7 Å². The van der Waals surface area contributed by atoms with Gasteiger partial charge in [0.1, 0.15) is 11.9 Å². The molecule has 0 amide bonds. The van der Waals surface area contributed by atoms with Gasteiger partial charge in [-0.3, -0.25) is 0 Å². The van der Waals surface area contributed by atoms with E-state index in [1.807, 2.05) is 0 Å². The number of ketones is 1. The summed E-state index contributed by atoms with van der Waals surface area (Å²) in [7, 11) is 0. The third kappa shape index (κ3) is 7.67. The van der Waals surface area contributed by atoms with E-state index in [1.165, 1.54) is 0 Å². The first kappa shape index (κ1) is 13.6. The van der Waals surface area contributed by atoms with Crippen molar-refractivity contribution in [2.75, 3.05) is 0 Å². The summed E-state index contributed by atoms with van der Waals surface area (Å²) in [6.45, 7) is 8.47. The Morgan fingerprint density at radius 2 is 2.07 bits per heavy atom. The average Bonchev–Trinajstić information content (AvgIpc) is 2.17. The first-order chi connectivity index (χ1) is 7.10. The zero-order valence-electron chi connectivity index (χ0n) is 9.20. The quantitative estimate of drug-likeness (QED) is 0.351. The molecule has 0 heterocycles. The van der Waals surface area contributed by atoms with Crippen molar-refractivity contribution in [3.8, 4) is 0 Å². The Hall–Kier alpha value is -1.38. The second-order valence-corrected chi connectivity index (χ2v) is 3.38. The molecule has 0 spiro atoms. The third-order valence-corrected chi connectivity index (χ3v) is 1.93. The molecule has 0 radical (unpaired) electrons. The predicted molar refractivity (Wildman–Crippen MR) is 59.4 cm³/mol. The molecule has 0 aliphatic carbocycles. The average molecular weight is 210 g/mol. The van der Waals surface area contributed by atoms with Crippen LogP contribution >= 0.6 is 0 Å². The molecule has 0 bridgehead atoms. The number of carbonyl (C=O) groups is 2. The summed E-state index contributed by atoms with van der Waals surface area (Å²) in [4.78, 5) is 21.7. The lowest BCUT2D eigenvalue weighted by atomic mass is 10.1. The summed E-state index contributed by atoms with van der Waals surface area (Å²) in [5.41, 5.74) is 0. The topological polar surface area (TPSA) is 43.4 Å². The monoisotopic (exact) mass is 210 g/mol. The van der Waals surface area contributed by atoms with Crippen LogP contribution < -0.4 is 0 Å². The van der Waals surface area contributed by atoms with E-state index in [1.54, 1.807) is 13.0 Å². The molecule has 0 aliphatic rings. The number of hydrogen-bond donors (Lipinski definition) is 0. The molecule has 0 fully saturated rings. The Kier molecular flexibility index (Phi) is 7.24. The van der Waals surface area contributed by atoms with Crippen LogP contribution in [0.5, 0.6) is 0 Å². The lowest BCUT2D eigenvalue weighted by molar-refractivity contribution is -0.143. The smallest absolute Gasteiger partial charge is 0.330 e. The normalized spacial score (nSPS) is 11.5. The molecule has 0 aromatic heterocycles. The summed E-state index contributed by atoms with van der Waals surface area (Å²) >= 11 is 0. The largest absolute Gasteiger partial charge is 0.459 e. The Morgan fingerprint density at radius 1 is 1.40 bits per heavy atom. The van der Waals surface area contributed by atoms with Crippen molar-refractivity contribution in [3.63, 3.8) is 0 Å². The van der Waals surface area contributed by atoms with Crippen LogP contribution in [0.2, 0.25) is 0 Å². The fourth-order valence-corrected chi connectivity index (χ4v) is 1.20. The molecule has 3 nitrogen and oxygen atoms in total. The maximum atomic E-state index is 11.0. The molecule has 0 aromatic rings. The highest BCUT2D eigenvalue weighted by atomic mass is 16.5. The molecule has 0 N–H and O–H groups in total. The van der Waals surface area contributed by atoms with Crippen molar-refractivity contribution in [1.82, 2.24) is 0 Å². The van der Waals surface area contributed by atoms with Crippen molar-refractivity contribution >= 4 is 11.8 Å². The van der Waals surface area contributed by atoms with Gasteiger partial charge < -0.3 is 9.53 Å². The zero-order valence-corrected chi connectivity index (χ0v) is 9.20. The Balaban J connectivity index is 3.92. The number of hydrogen-bond acceptors (Lipinski definition) is 3. The minimum absolute atomic E-state index is 0.155. The van der Waals surface area contributed by atoms with E-state index in [0.717, 1.165) is 12.5 Å². The van der Waals surface area contributed by atoms with Gasteiger partial charge in [0.15, 0.2) is 0 Å². The maximum Gasteiger partial charge on any atom is 0.330 e. The second-order valence-electron chi connectivity index (χ2n) is 3.38. The fraction of sp³-hybridized carbons (Fsp3) is 0.500. The fourth-order valence-electron chi connectivity index (χ4n) is 1.20. The molecular weight excluding hydrogens is 192 g/mol. The zero-order chi connectivity index (χ0) is 11.7. The summed E-state index contributed by atoms with van der Waals surface area (Å²) in [5.74, 6) is -0.271. The lowest BCUT2D eigenvalue weighted by Gasteiger charge is -2.14. The van der Waals surface area contributed by atoms with Crippen molar-refractivity contribution in [3.05, 3.63) is 25.3 Å². The summed E-state index contributed by atoms with van der Waals surface area (Å²) < 4.78 is 5.08. The van der Waals surface area contributed by atoms with E-state index in [4.69, 9.17) is 4.74 Å². The highest BCUT2D eigenvalue weighted by Gasteiger charge is 2.10. The molecule has 0 rings (SSSR count). The van der Waals surface area contributed by atoms with Crippen LogP contribution in [0, 0.1) is 0 Å². The molecule has 84 valence electrons. The van der Waals surface area contributed by atoms with Gasteiger partial charge in [-0.1, -0.05) is 12.7 Å². The van der Waals surface area contributed by atoms with Gasteiger partial charge in [0.2, 0.25) is 0 Å². The Morgan fingerprint density at radius 3 is 2.53 bits per heavy atom. The van der Waals surface area contributed by atoms with Gasteiger partial charge >= 0.3 is 5.97 Å². The van der Waals surface area contributed by atoms with Crippen LogP contribution in [-0.2, 0) is 14.3 Å². The van der Waals surface area contributed by atoms with Gasteiger partial charge in [-0.25, -0.2) is 4.79 Å². The van der Waals surface area contributed by atoms with Gasteiger partial charge in [-0.2, -0.15) is 0 Å². The van der Waals surface area contributed by atoms with Gasteiger partial charge in [0.25, 0.3) is 0 Å². The van der Waals surface area contributed by atoms with Crippen molar-refractivity contribution in [2.24, 2.45) is 0 Å². The third-order valence-electron chi connectivity index (χ3n) is 1.93. The highest BCUT2D eigenvalue weighted by molar-refractivity contribution is 5.81. The molecule has 15 heavy (non-hydrogen) atoms. The van der Waals surface area contributed by atoms with Gasteiger partial charge in [0.05, 0.1) is 0 Å². The van der Waals surface area contributed by atoms with E-state index in [2.05, 4.69) is 13.2 Å². The SMILES string of the molecule is C=CC[C@H](CCCC(C)=O)OC(=O)C=C. The molecule has 1 atom stereocenters. The van der Waals surface area contributed by atoms with Crippen LogP contribution in [0.3, 0.4) is 0 Å². The van der Waals surface area contributed by atoms with Crippen LogP contribution in [0.25, 0.3) is 0 Å². The first-order valence-electron chi connectivity index (χ1n) is 5.03. The molecule has 0 aliphatic heterocycles. The van der Waals surface area contributed by atoms with E-state index in [9.17, 15) is 9.59 Å². The van der Waals surface area contributed by atoms with Crippen LogP contribution in [-0.4, -0.2) is 17.9 Å². The second kappa shape index (κ2) is 7.97. The maximum absolute atomic E-state index is 11.0. The summed E-state index contributed by atoms with van der Waals surface area (Å²) in [6, 6.07) is 0. The van der Waals surface area contributed by atoms with Crippen LogP contribution in [0.15, 0.2) is 25.3 Å². The van der Waals surface area contributed by atoms with Crippen molar-refractivity contribution in [1.29, 1.82) is 0 Å².